The number of hydrogen-bond acceptors (Lipinski definition) is 8. The lowest BCUT2D eigenvalue weighted by Gasteiger charge is -2.38. The number of aromatic nitrogens is 4. The Hall–Kier alpha value is -4.27. The van der Waals surface area contributed by atoms with Crippen molar-refractivity contribution in [2.24, 2.45) is 0 Å². The minimum atomic E-state index is -3.34. The van der Waals surface area contributed by atoms with Crippen molar-refractivity contribution in [3.63, 3.8) is 0 Å². The van der Waals surface area contributed by atoms with Gasteiger partial charge in [0.2, 0.25) is 10.0 Å². The Morgan fingerprint density at radius 3 is 2.19 bits per heavy atom. The molecular weight excluding hydrogens is 599 g/mol. The summed E-state index contributed by atoms with van der Waals surface area (Å²) in [5, 5.41) is 16.9. The SMILES string of the molecule is CS(=O)(=O)Nc1ccc(Oc2ccc(CN3CCC(N(Cc4nn[nH]n4)C(=O)Nc4ccc(F)cc4)CC3)cc2)cc1.Cl. The summed E-state index contributed by atoms with van der Waals surface area (Å²) in [6, 6.07) is 19.8. The number of aromatic amines is 1. The molecule has 4 aromatic rings. The van der Waals surface area contributed by atoms with Gasteiger partial charge in [-0.05, 0) is 79.1 Å². The highest BCUT2D eigenvalue weighted by molar-refractivity contribution is 7.92. The summed E-state index contributed by atoms with van der Waals surface area (Å²) >= 11 is 0. The van der Waals surface area contributed by atoms with Crippen molar-refractivity contribution in [3.05, 3.63) is 90.0 Å². The molecule has 0 aliphatic carbocycles. The third-order valence-electron chi connectivity index (χ3n) is 6.78. The number of hydrogen-bond donors (Lipinski definition) is 3. The van der Waals surface area contributed by atoms with E-state index in [1.54, 1.807) is 29.2 Å². The first-order valence-electron chi connectivity index (χ1n) is 13.3. The Balaban J connectivity index is 0.00000423. The molecule has 0 saturated carbocycles. The van der Waals surface area contributed by atoms with E-state index in [1.165, 1.54) is 24.3 Å². The van der Waals surface area contributed by atoms with Crippen molar-refractivity contribution in [1.82, 2.24) is 30.4 Å². The van der Waals surface area contributed by atoms with Gasteiger partial charge in [0, 0.05) is 37.1 Å². The number of rotatable bonds is 10. The number of anilines is 2. The van der Waals surface area contributed by atoms with Gasteiger partial charge in [-0.2, -0.15) is 5.21 Å². The normalized spacial score (nSPS) is 14.0. The van der Waals surface area contributed by atoms with Crippen molar-refractivity contribution in [1.29, 1.82) is 0 Å². The molecule has 1 fully saturated rings. The lowest BCUT2D eigenvalue weighted by Crippen LogP contribution is -2.48. The average Bonchev–Trinajstić information content (AvgIpc) is 3.48. The highest BCUT2D eigenvalue weighted by Crippen LogP contribution is 2.25. The molecule has 2 amide bonds. The molecule has 0 radical (unpaired) electrons. The van der Waals surface area contributed by atoms with Gasteiger partial charge in [0.25, 0.3) is 0 Å². The maximum atomic E-state index is 13.3. The molecule has 15 heteroatoms. The predicted molar refractivity (Wildman–Crippen MR) is 162 cm³/mol. The summed E-state index contributed by atoms with van der Waals surface area (Å²) in [5.41, 5.74) is 2.10. The third-order valence-corrected chi connectivity index (χ3v) is 7.38. The second-order valence-electron chi connectivity index (χ2n) is 10.0. The number of nitrogens with zero attached hydrogens (tertiary/aromatic N) is 5. The van der Waals surface area contributed by atoms with E-state index in [-0.39, 0.29) is 36.8 Å². The number of likely N-dealkylation sites (tertiary alicyclic amines) is 1. The molecule has 12 nitrogen and oxygen atoms in total. The number of sulfonamides is 1. The molecule has 5 rings (SSSR count). The van der Waals surface area contributed by atoms with E-state index in [0.717, 1.165) is 44.3 Å². The average molecular weight is 631 g/mol. The highest BCUT2D eigenvalue weighted by Gasteiger charge is 2.29. The van der Waals surface area contributed by atoms with Crippen LogP contribution in [0.4, 0.5) is 20.6 Å². The number of tetrazole rings is 1. The molecule has 3 N–H and O–H groups in total. The van der Waals surface area contributed by atoms with E-state index in [4.69, 9.17) is 4.74 Å². The molecule has 0 bridgehead atoms. The summed E-state index contributed by atoms with van der Waals surface area (Å²) < 4.78 is 44.4. The van der Waals surface area contributed by atoms with Gasteiger partial charge < -0.3 is 15.0 Å². The minimum Gasteiger partial charge on any atom is -0.457 e. The van der Waals surface area contributed by atoms with Crippen LogP contribution in [0.1, 0.15) is 24.2 Å². The van der Waals surface area contributed by atoms with Gasteiger partial charge in [-0.25, -0.2) is 17.6 Å². The van der Waals surface area contributed by atoms with E-state index in [0.29, 0.717) is 28.7 Å². The van der Waals surface area contributed by atoms with Crippen molar-refractivity contribution >= 4 is 39.8 Å². The van der Waals surface area contributed by atoms with Gasteiger partial charge in [-0.1, -0.05) is 17.3 Å². The molecule has 1 saturated heterocycles. The van der Waals surface area contributed by atoms with Crippen molar-refractivity contribution in [3.8, 4) is 11.5 Å². The molecule has 2 heterocycles. The molecule has 43 heavy (non-hydrogen) atoms. The molecule has 0 spiro atoms. The topological polar surface area (TPSA) is 145 Å². The number of nitrogens with one attached hydrogen (secondary N) is 3. The third kappa shape index (κ3) is 9.36. The molecule has 1 aliphatic rings. The van der Waals surface area contributed by atoms with Crippen LogP contribution in [0, 0.1) is 5.82 Å². The first kappa shape index (κ1) is 31.7. The quantitative estimate of drug-likeness (QED) is 0.230. The largest absolute Gasteiger partial charge is 0.457 e. The van der Waals surface area contributed by atoms with Crippen LogP contribution < -0.4 is 14.8 Å². The zero-order valence-corrected chi connectivity index (χ0v) is 24.9. The fourth-order valence-electron chi connectivity index (χ4n) is 4.75. The van der Waals surface area contributed by atoms with E-state index < -0.39 is 10.0 Å². The number of H-pyrrole nitrogens is 1. The molecule has 1 aliphatic heterocycles. The number of halogens is 2. The lowest BCUT2D eigenvalue weighted by molar-refractivity contribution is 0.118. The van der Waals surface area contributed by atoms with Crippen molar-refractivity contribution in [2.45, 2.75) is 32.0 Å². The van der Waals surface area contributed by atoms with Crippen LogP contribution in [0.5, 0.6) is 11.5 Å². The number of carbonyl (C=O) groups is 1. The second kappa shape index (κ2) is 14.3. The Kier molecular flexibility index (Phi) is 10.5. The Labute approximate surface area is 255 Å². The summed E-state index contributed by atoms with van der Waals surface area (Å²) in [6.45, 7) is 2.55. The summed E-state index contributed by atoms with van der Waals surface area (Å²) in [5.74, 6) is 1.31. The van der Waals surface area contributed by atoms with E-state index in [9.17, 15) is 17.6 Å². The van der Waals surface area contributed by atoms with Crippen LogP contribution in [0.3, 0.4) is 0 Å². The molecule has 228 valence electrons. The molecular formula is C28H32ClFN8O4S. The summed E-state index contributed by atoms with van der Waals surface area (Å²) in [7, 11) is -3.34. The van der Waals surface area contributed by atoms with Gasteiger partial charge in [0.05, 0.1) is 12.8 Å². The fourth-order valence-corrected chi connectivity index (χ4v) is 5.31. The smallest absolute Gasteiger partial charge is 0.322 e. The first-order valence-corrected chi connectivity index (χ1v) is 15.2. The zero-order valence-electron chi connectivity index (χ0n) is 23.3. The molecule has 0 unspecified atom stereocenters. The summed E-state index contributed by atoms with van der Waals surface area (Å²) in [4.78, 5) is 17.3. The highest BCUT2D eigenvalue weighted by atomic mass is 35.5. The molecule has 0 atom stereocenters. The van der Waals surface area contributed by atoms with Gasteiger partial charge in [0.1, 0.15) is 17.3 Å². The summed E-state index contributed by atoms with van der Waals surface area (Å²) in [6.07, 6.45) is 2.63. The van der Waals surface area contributed by atoms with E-state index in [1.807, 2.05) is 24.3 Å². The van der Waals surface area contributed by atoms with Gasteiger partial charge in [0.15, 0.2) is 5.82 Å². The van der Waals surface area contributed by atoms with Crippen LogP contribution in [0.2, 0.25) is 0 Å². The Morgan fingerprint density at radius 2 is 1.60 bits per heavy atom. The number of amides is 2. The minimum absolute atomic E-state index is 0. The zero-order chi connectivity index (χ0) is 29.5. The number of urea groups is 1. The van der Waals surface area contributed by atoms with Crippen molar-refractivity contribution < 1.29 is 22.3 Å². The number of benzene rings is 3. The predicted octanol–water partition coefficient (Wildman–Crippen LogP) is 4.62. The maximum Gasteiger partial charge on any atom is 0.322 e. The van der Waals surface area contributed by atoms with E-state index in [2.05, 4.69) is 35.6 Å². The monoisotopic (exact) mass is 630 g/mol. The number of ether oxygens (including phenoxy) is 1. The van der Waals surface area contributed by atoms with E-state index >= 15 is 0 Å². The molecule has 3 aromatic carbocycles. The number of carbonyl (C=O) groups excluding carboxylic acids is 1. The second-order valence-corrected chi connectivity index (χ2v) is 11.8. The first-order chi connectivity index (χ1) is 20.2. The van der Waals surface area contributed by atoms with Crippen LogP contribution in [0.15, 0.2) is 72.8 Å². The van der Waals surface area contributed by atoms with Gasteiger partial charge in [-0.3, -0.25) is 9.62 Å². The van der Waals surface area contributed by atoms with Crippen LogP contribution >= 0.6 is 12.4 Å². The van der Waals surface area contributed by atoms with Crippen LogP contribution in [0.25, 0.3) is 0 Å². The molecule has 1 aromatic heterocycles. The van der Waals surface area contributed by atoms with Crippen LogP contribution in [-0.4, -0.2) is 70.3 Å². The van der Waals surface area contributed by atoms with Crippen molar-refractivity contribution in [2.75, 3.05) is 29.4 Å². The Bertz CT molecular complexity index is 1570. The standard InChI is InChI=1S/C28H31FN8O4S.ClH/c1-42(39,40)33-23-8-12-26(13-9-23)41-25-10-2-20(3-11-25)18-36-16-14-24(15-17-36)37(19-27-31-34-35-32-27)28(38)30-22-6-4-21(29)5-7-22;/h2-13,24,33H,14-19H2,1H3,(H,30,38)(H,31,32,34,35);1H. The fraction of sp³-hybridized carbons (Fsp3) is 0.286. The number of piperidine rings is 1. The Morgan fingerprint density at radius 1 is 1.00 bits per heavy atom. The maximum absolute atomic E-state index is 13.3. The lowest BCUT2D eigenvalue weighted by atomic mass is 10.0. The van der Waals surface area contributed by atoms with Gasteiger partial charge >= 0.3 is 6.03 Å². The van der Waals surface area contributed by atoms with Gasteiger partial charge in [-0.15, -0.1) is 22.6 Å². The van der Waals surface area contributed by atoms with Crippen LogP contribution in [-0.2, 0) is 23.1 Å².